The molecule has 184 valence electrons. The van der Waals surface area contributed by atoms with Gasteiger partial charge in [0.15, 0.2) is 10.8 Å². The Balaban J connectivity index is 1.69. The number of benzene rings is 1. The Bertz CT molecular complexity index is 1140. The number of alkyl halides is 3. The molecular weight excluding hydrogens is 479 g/mol. The van der Waals surface area contributed by atoms with Crippen molar-refractivity contribution in [3.8, 4) is 6.07 Å². The minimum Gasteiger partial charge on any atom is -0.378 e. The fourth-order valence-corrected chi connectivity index (χ4v) is 5.17. The molecule has 1 amide bonds. The van der Waals surface area contributed by atoms with Gasteiger partial charge in [-0.15, -0.1) is 0 Å². The van der Waals surface area contributed by atoms with Crippen LogP contribution in [0.4, 0.5) is 24.5 Å². The van der Waals surface area contributed by atoms with Gasteiger partial charge in [-0.25, -0.2) is 0 Å². The average molecular weight is 504 g/mol. The number of allylic oxidation sites excluding steroid dienone is 4. The third kappa shape index (κ3) is 4.32. The first-order valence-electron chi connectivity index (χ1n) is 11.1. The fraction of sp³-hybridized carbons (Fsp3) is 0.417. The van der Waals surface area contributed by atoms with Crippen LogP contribution in [-0.2, 0) is 9.53 Å². The van der Waals surface area contributed by atoms with Crippen LogP contribution < -0.4 is 9.80 Å². The molecule has 3 aliphatic rings. The number of rotatable bonds is 5. The first-order valence-corrected chi connectivity index (χ1v) is 11.5. The predicted octanol–water partition coefficient (Wildman–Crippen LogP) is 4.32. The van der Waals surface area contributed by atoms with Gasteiger partial charge in [-0.3, -0.25) is 14.7 Å². The second kappa shape index (κ2) is 9.43. The van der Waals surface area contributed by atoms with Crippen LogP contribution in [0.2, 0.25) is 0 Å². The van der Waals surface area contributed by atoms with Crippen LogP contribution in [0.5, 0.6) is 0 Å². The zero-order valence-corrected chi connectivity index (χ0v) is 20.0. The molecule has 0 N–H and O–H groups in total. The lowest BCUT2D eigenvalue weighted by Gasteiger charge is -2.43. The Labute approximate surface area is 206 Å². The summed E-state index contributed by atoms with van der Waals surface area (Å²) in [5.41, 5.74) is -1.40. The molecule has 35 heavy (non-hydrogen) atoms. The molecule has 1 saturated carbocycles. The predicted molar refractivity (Wildman–Crippen MR) is 130 cm³/mol. The highest BCUT2D eigenvalue weighted by Gasteiger charge is 2.59. The Morgan fingerprint density at radius 2 is 1.83 bits per heavy atom. The first-order chi connectivity index (χ1) is 16.6. The number of amides is 1. The maximum Gasteiger partial charge on any atom is 0.419 e. The third-order valence-electron chi connectivity index (χ3n) is 6.61. The van der Waals surface area contributed by atoms with Crippen LogP contribution in [-0.4, -0.2) is 60.7 Å². The number of thiocarbonyl (C=S) groups is 1. The van der Waals surface area contributed by atoms with Crippen molar-refractivity contribution in [3.05, 3.63) is 47.3 Å². The van der Waals surface area contributed by atoms with Crippen LogP contribution in [0, 0.1) is 11.3 Å². The summed E-state index contributed by atoms with van der Waals surface area (Å²) < 4.78 is 46.3. The molecule has 1 aromatic carbocycles. The Morgan fingerprint density at radius 1 is 1.23 bits per heavy atom. The molecule has 2 heterocycles. The van der Waals surface area contributed by atoms with Crippen molar-refractivity contribution in [2.45, 2.75) is 37.9 Å². The van der Waals surface area contributed by atoms with Crippen LogP contribution in [0.3, 0.4) is 0 Å². The molecule has 0 aromatic heterocycles. The number of anilines is 2. The fourth-order valence-electron chi connectivity index (χ4n) is 4.66. The summed E-state index contributed by atoms with van der Waals surface area (Å²) in [5.74, 6) is -0.369. The molecule has 0 radical (unpaired) electrons. The number of hydrogen-bond donors (Lipinski definition) is 0. The van der Waals surface area contributed by atoms with Crippen LogP contribution in [0.25, 0.3) is 0 Å². The summed E-state index contributed by atoms with van der Waals surface area (Å²) in [5, 5.41) is 9.19. The zero-order chi connectivity index (χ0) is 25.4. The monoisotopic (exact) mass is 503 g/mol. The minimum absolute atomic E-state index is 0.0394. The van der Waals surface area contributed by atoms with E-state index in [0.29, 0.717) is 31.7 Å². The van der Waals surface area contributed by atoms with E-state index in [1.165, 1.54) is 13.0 Å². The Kier molecular flexibility index (Phi) is 6.71. The summed E-state index contributed by atoms with van der Waals surface area (Å²) in [4.78, 5) is 21.8. The normalized spacial score (nSPS) is 21.1. The molecule has 0 bridgehead atoms. The lowest BCUT2D eigenvalue weighted by Crippen LogP contribution is -2.55. The first kappa shape index (κ1) is 24.9. The molecule has 4 rings (SSSR count). The topological polar surface area (TPSA) is 72.2 Å². The van der Waals surface area contributed by atoms with E-state index >= 15 is 0 Å². The number of ether oxygens (including phenoxy) is 1. The van der Waals surface area contributed by atoms with Gasteiger partial charge in [-0.1, -0.05) is 0 Å². The Morgan fingerprint density at radius 3 is 2.31 bits per heavy atom. The van der Waals surface area contributed by atoms with Gasteiger partial charge in [0.2, 0.25) is 0 Å². The van der Waals surface area contributed by atoms with Gasteiger partial charge in [0, 0.05) is 30.2 Å². The summed E-state index contributed by atoms with van der Waals surface area (Å²) in [6.07, 6.45) is -2.24. The van der Waals surface area contributed by atoms with E-state index in [-0.39, 0.29) is 16.7 Å². The van der Waals surface area contributed by atoms with E-state index in [1.54, 1.807) is 4.90 Å². The molecule has 0 unspecified atom stereocenters. The zero-order valence-electron chi connectivity index (χ0n) is 19.1. The second-order valence-electron chi connectivity index (χ2n) is 8.58. The maximum atomic E-state index is 13.6. The molecule has 7 nitrogen and oxygen atoms in total. The van der Waals surface area contributed by atoms with Crippen LogP contribution >= 0.6 is 12.2 Å². The molecule has 1 aromatic rings. The number of morpholine rings is 1. The smallest absolute Gasteiger partial charge is 0.378 e. The summed E-state index contributed by atoms with van der Waals surface area (Å²) >= 11 is 5.64. The van der Waals surface area contributed by atoms with Crippen molar-refractivity contribution in [2.75, 3.05) is 36.1 Å². The number of carbonyl (C=O) groups excluding carboxylic acids is 1. The minimum atomic E-state index is -4.86. The number of aliphatic imine (C=N–C) groups is 1. The van der Waals surface area contributed by atoms with Crippen molar-refractivity contribution >= 4 is 41.3 Å². The van der Waals surface area contributed by atoms with Crippen molar-refractivity contribution in [3.63, 3.8) is 0 Å². The number of halogens is 3. The van der Waals surface area contributed by atoms with E-state index in [1.807, 2.05) is 24.3 Å². The standard InChI is InChI=1S/C24H24F3N5O2S/c1-16(14-19(24(25,26)27)20(15-28)29-2)31-21(33)23(8-3-9-23)32(22(31)35)18-6-4-17(5-7-18)30-10-12-34-13-11-30/h4-7,14H,2-3,8-13H2,1H3/b16-14+,20-19+. The van der Waals surface area contributed by atoms with Crippen molar-refractivity contribution < 1.29 is 22.7 Å². The number of hydrogen-bond acceptors (Lipinski definition) is 6. The Hall–Kier alpha value is -3.23. The molecule has 3 fully saturated rings. The van der Waals surface area contributed by atoms with Crippen molar-refractivity contribution in [1.29, 1.82) is 5.26 Å². The lowest BCUT2D eigenvalue weighted by atomic mass is 9.75. The summed E-state index contributed by atoms with van der Waals surface area (Å²) in [6, 6.07) is 9.07. The van der Waals surface area contributed by atoms with Crippen LogP contribution in [0.1, 0.15) is 26.2 Å². The van der Waals surface area contributed by atoms with Crippen molar-refractivity contribution in [2.24, 2.45) is 4.99 Å². The molecule has 1 aliphatic carbocycles. The third-order valence-corrected chi connectivity index (χ3v) is 6.97. The van der Waals surface area contributed by atoms with Gasteiger partial charge in [0.25, 0.3) is 5.91 Å². The van der Waals surface area contributed by atoms with Gasteiger partial charge in [-0.05, 0) is 75.5 Å². The lowest BCUT2D eigenvalue weighted by molar-refractivity contribution is -0.131. The molecular formula is C24H24F3N5O2S. The van der Waals surface area contributed by atoms with Crippen molar-refractivity contribution in [1.82, 2.24) is 4.90 Å². The summed E-state index contributed by atoms with van der Waals surface area (Å²) in [6.45, 7) is 7.28. The van der Waals surface area contributed by atoms with Gasteiger partial charge >= 0.3 is 6.18 Å². The number of nitriles is 1. The number of carbonyl (C=O) groups is 1. The quantitative estimate of drug-likeness (QED) is 0.258. The molecule has 1 spiro atoms. The summed E-state index contributed by atoms with van der Waals surface area (Å²) in [7, 11) is 0. The number of nitrogens with zero attached hydrogens (tertiary/aromatic N) is 5. The van der Waals surface area contributed by atoms with Gasteiger partial charge < -0.3 is 14.5 Å². The van der Waals surface area contributed by atoms with E-state index in [4.69, 9.17) is 22.2 Å². The average Bonchev–Trinajstić information content (AvgIpc) is 3.06. The maximum absolute atomic E-state index is 13.6. The largest absolute Gasteiger partial charge is 0.419 e. The highest BCUT2D eigenvalue weighted by Crippen LogP contribution is 2.48. The molecule has 2 aliphatic heterocycles. The van der Waals surface area contributed by atoms with Gasteiger partial charge in [0.05, 0.1) is 18.8 Å². The van der Waals surface area contributed by atoms with E-state index < -0.39 is 23.0 Å². The van der Waals surface area contributed by atoms with E-state index in [9.17, 15) is 18.0 Å². The van der Waals surface area contributed by atoms with Gasteiger partial charge in [-0.2, -0.15) is 18.4 Å². The highest BCUT2D eigenvalue weighted by molar-refractivity contribution is 7.80. The van der Waals surface area contributed by atoms with Gasteiger partial charge in [0.1, 0.15) is 11.6 Å². The highest BCUT2D eigenvalue weighted by atomic mass is 32.1. The van der Waals surface area contributed by atoms with E-state index in [0.717, 1.165) is 36.2 Å². The van der Waals surface area contributed by atoms with Crippen LogP contribution in [0.15, 0.2) is 52.3 Å². The molecule has 11 heteroatoms. The molecule has 2 saturated heterocycles. The molecule has 0 atom stereocenters. The SMILES string of the molecule is C=N/C(C#N)=C(\C=C(/C)N1C(=O)C2(CCC2)N(c2ccc(N3CCOCC3)cc2)C1=S)C(F)(F)F. The second-order valence-corrected chi connectivity index (χ2v) is 8.94. The van der Waals surface area contributed by atoms with E-state index in [2.05, 4.69) is 16.6 Å².